The Kier molecular flexibility index (Phi) is 4.74. The van der Waals surface area contributed by atoms with E-state index in [1.54, 1.807) is 36.4 Å². The third kappa shape index (κ3) is 3.15. The summed E-state index contributed by atoms with van der Waals surface area (Å²) in [5, 5.41) is 8.29. The number of aryl methyl sites for hydroxylation is 2. The van der Waals surface area contributed by atoms with Gasteiger partial charge < -0.3 is 14.8 Å². The molecule has 0 saturated carbocycles. The summed E-state index contributed by atoms with van der Waals surface area (Å²) in [5.41, 5.74) is 3.07. The molecule has 1 aliphatic rings. The van der Waals surface area contributed by atoms with E-state index in [0.717, 1.165) is 35.0 Å². The van der Waals surface area contributed by atoms with Crippen LogP contribution in [0.15, 0.2) is 24.5 Å². The molecule has 8 nitrogen and oxygen atoms in total. The van der Waals surface area contributed by atoms with Crippen molar-refractivity contribution in [3.05, 3.63) is 46.4 Å². The highest BCUT2D eigenvalue weighted by Crippen LogP contribution is 2.37. The third-order valence-corrected chi connectivity index (χ3v) is 6.59. The minimum absolute atomic E-state index is 0.162. The van der Waals surface area contributed by atoms with Crippen molar-refractivity contribution >= 4 is 33.1 Å². The first-order valence-corrected chi connectivity index (χ1v) is 10.6. The molecule has 0 aliphatic heterocycles. The number of thiophene rings is 1. The number of nitrogens with one attached hydrogen (secondary N) is 1. The van der Waals surface area contributed by atoms with Crippen LogP contribution < -0.4 is 14.8 Å². The quantitative estimate of drug-likeness (QED) is 0.513. The molecule has 0 unspecified atom stereocenters. The number of methoxy groups -OCH3 is 2. The van der Waals surface area contributed by atoms with Gasteiger partial charge in [-0.25, -0.2) is 14.5 Å². The van der Waals surface area contributed by atoms with Gasteiger partial charge in [0.1, 0.15) is 11.2 Å². The minimum atomic E-state index is -0.292. The zero-order valence-corrected chi connectivity index (χ0v) is 17.6. The first-order chi connectivity index (χ1) is 14.7. The van der Waals surface area contributed by atoms with Gasteiger partial charge in [0.2, 0.25) is 5.82 Å². The fourth-order valence-electron chi connectivity index (χ4n) is 3.92. The molecule has 3 aromatic heterocycles. The Morgan fingerprint density at radius 3 is 2.93 bits per heavy atom. The zero-order valence-electron chi connectivity index (χ0n) is 16.8. The average Bonchev–Trinajstić information content (AvgIpc) is 3.46. The van der Waals surface area contributed by atoms with Gasteiger partial charge in [0, 0.05) is 11.4 Å². The van der Waals surface area contributed by atoms with Crippen molar-refractivity contribution in [1.82, 2.24) is 24.9 Å². The van der Waals surface area contributed by atoms with Crippen molar-refractivity contribution in [3.63, 3.8) is 0 Å². The van der Waals surface area contributed by atoms with Crippen molar-refractivity contribution in [2.75, 3.05) is 20.8 Å². The number of carbonyl (C=O) groups is 1. The second kappa shape index (κ2) is 7.56. The van der Waals surface area contributed by atoms with Gasteiger partial charge in [-0.1, -0.05) is 6.07 Å². The summed E-state index contributed by atoms with van der Waals surface area (Å²) in [7, 11) is 3.21. The van der Waals surface area contributed by atoms with Crippen LogP contribution in [0, 0.1) is 0 Å². The monoisotopic (exact) mass is 423 g/mol. The van der Waals surface area contributed by atoms with Gasteiger partial charge in [-0.2, -0.15) is 0 Å². The smallest absolute Gasteiger partial charge is 0.291 e. The summed E-state index contributed by atoms with van der Waals surface area (Å²) in [6.07, 6.45) is 5.59. The molecule has 30 heavy (non-hydrogen) atoms. The van der Waals surface area contributed by atoms with E-state index < -0.39 is 0 Å². The topological polar surface area (TPSA) is 90.6 Å². The molecule has 0 bridgehead atoms. The number of ether oxygens (including phenoxy) is 2. The van der Waals surface area contributed by atoms with Crippen molar-refractivity contribution < 1.29 is 14.3 Å². The van der Waals surface area contributed by atoms with E-state index in [-0.39, 0.29) is 11.7 Å². The van der Waals surface area contributed by atoms with E-state index in [2.05, 4.69) is 20.4 Å². The lowest BCUT2D eigenvalue weighted by atomic mass is 10.1. The maximum atomic E-state index is 12.6. The first kappa shape index (κ1) is 18.8. The van der Waals surface area contributed by atoms with E-state index in [1.165, 1.54) is 10.4 Å². The molecule has 1 N–H and O–H groups in total. The minimum Gasteiger partial charge on any atom is -0.493 e. The van der Waals surface area contributed by atoms with Crippen molar-refractivity contribution in [3.8, 4) is 11.5 Å². The molecule has 5 rings (SSSR count). The standard InChI is InChI=1S/C21H21N5O3S/c1-28-14-7-6-12(10-15(14)29-2)8-9-22-20(27)18-24-19-17-13-4-3-5-16(13)30-21(17)23-11-26(19)25-18/h6-7,10-11H,3-5,8-9H2,1-2H3,(H,22,27). The number of hydrogen-bond acceptors (Lipinski definition) is 7. The van der Waals surface area contributed by atoms with Gasteiger partial charge in [0.05, 0.1) is 19.6 Å². The number of fused-ring (bicyclic) bond motifs is 5. The maximum Gasteiger partial charge on any atom is 0.291 e. The van der Waals surface area contributed by atoms with Gasteiger partial charge >= 0.3 is 0 Å². The predicted octanol–water partition coefficient (Wildman–Crippen LogP) is 2.82. The maximum absolute atomic E-state index is 12.6. The molecule has 4 aromatic rings. The number of carbonyl (C=O) groups excluding carboxylic acids is 1. The van der Waals surface area contributed by atoms with Crippen molar-refractivity contribution in [2.45, 2.75) is 25.7 Å². The van der Waals surface area contributed by atoms with E-state index in [9.17, 15) is 4.79 Å². The predicted molar refractivity (Wildman–Crippen MR) is 114 cm³/mol. The number of rotatable bonds is 6. The SMILES string of the molecule is COc1ccc(CCNC(=O)c2nc3c4c5c(sc4ncn3n2)CCC5)cc1OC. The zero-order chi connectivity index (χ0) is 20.7. The lowest BCUT2D eigenvalue weighted by Crippen LogP contribution is -2.26. The number of aromatic nitrogens is 4. The van der Waals surface area contributed by atoms with E-state index in [0.29, 0.717) is 30.1 Å². The summed E-state index contributed by atoms with van der Waals surface area (Å²) < 4.78 is 12.2. The van der Waals surface area contributed by atoms with Crippen LogP contribution in [0.3, 0.4) is 0 Å². The molecule has 154 valence electrons. The van der Waals surface area contributed by atoms with Crippen LogP contribution in [0.25, 0.3) is 15.9 Å². The molecule has 0 spiro atoms. The molecule has 1 amide bonds. The number of amides is 1. The van der Waals surface area contributed by atoms with Gasteiger partial charge in [-0.3, -0.25) is 4.79 Å². The molecular weight excluding hydrogens is 402 g/mol. The van der Waals surface area contributed by atoms with E-state index in [1.807, 2.05) is 18.2 Å². The van der Waals surface area contributed by atoms with Gasteiger partial charge in [-0.05, 0) is 48.9 Å². The summed E-state index contributed by atoms with van der Waals surface area (Å²) in [6, 6.07) is 5.72. The second-order valence-electron chi connectivity index (χ2n) is 7.18. The highest BCUT2D eigenvalue weighted by molar-refractivity contribution is 7.19. The molecule has 0 fully saturated rings. The molecule has 0 radical (unpaired) electrons. The molecule has 1 aromatic carbocycles. The Bertz CT molecular complexity index is 1260. The van der Waals surface area contributed by atoms with E-state index >= 15 is 0 Å². The Balaban J connectivity index is 1.32. The van der Waals surface area contributed by atoms with Crippen molar-refractivity contribution in [1.29, 1.82) is 0 Å². The summed E-state index contributed by atoms with van der Waals surface area (Å²) >= 11 is 1.72. The number of benzene rings is 1. The van der Waals surface area contributed by atoms with Crippen LogP contribution in [-0.2, 0) is 19.3 Å². The molecule has 0 saturated heterocycles. The Morgan fingerprint density at radius 2 is 2.10 bits per heavy atom. The molecule has 3 heterocycles. The second-order valence-corrected chi connectivity index (χ2v) is 8.26. The Hall–Kier alpha value is -3.20. The molecule has 9 heteroatoms. The fourth-order valence-corrected chi connectivity index (χ4v) is 5.15. The lowest BCUT2D eigenvalue weighted by Gasteiger charge is -2.09. The summed E-state index contributed by atoms with van der Waals surface area (Å²) in [6.45, 7) is 0.464. The third-order valence-electron chi connectivity index (χ3n) is 5.39. The van der Waals surface area contributed by atoms with Crippen LogP contribution in [0.1, 0.15) is 33.0 Å². The van der Waals surface area contributed by atoms with Crippen LogP contribution >= 0.6 is 11.3 Å². The highest BCUT2D eigenvalue weighted by atomic mass is 32.1. The first-order valence-electron chi connectivity index (χ1n) is 9.82. The van der Waals surface area contributed by atoms with Crippen LogP contribution in [-0.4, -0.2) is 46.3 Å². The van der Waals surface area contributed by atoms with Gasteiger partial charge in [0.15, 0.2) is 17.1 Å². The Labute approximate surface area is 176 Å². The normalized spacial score (nSPS) is 13.0. The van der Waals surface area contributed by atoms with Crippen LogP contribution in [0.2, 0.25) is 0 Å². The molecule has 0 atom stereocenters. The number of hydrogen-bond donors (Lipinski definition) is 1. The largest absolute Gasteiger partial charge is 0.493 e. The Morgan fingerprint density at radius 1 is 1.23 bits per heavy atom. The van der Waals surface area contributed by atoms with Gasteiger partial charge in [0.25, 0.3) is 5.91 Å². The van der Waals surface area contributed by atoms with E-state index in [4.69, 9.17) is 9.47 Å². The summed E-state index contributed by atoms with van der Waals surface area (Å²) in [4.78, 5) is 24.0. The van der Waals surface area contributed by atoms with Gasteiger partial charge in [-0.15, -0.1) is 16.4 Å². The highest BCUT2D eigenvalue weighted by Gasteiger charge is 2.23. The van der Waals surface area contributed by atoms with Crippen molar-refractivity contribution in [2.24, 2.45) is 0 Å². The summed E-state index contributed by atoms with van der Waals surface area (Å²) in [5.74, 6) is 1.22. The average molecular weight is 423 g/mol. The van der Waals surface area contributed by atoms with Crippen LogP contribution in [0.4, 0.5) is 0 Å². The molecule has 1 aliphatic carbocycles. The van der Waals surface area contributed by atoms with Crippen LogP contribution in [0.5, 0.6) is 11.5 Å². The lowest BCUT2D eigenvalue weighted by molar-refractivity contribution is 0.0944. The fraction of sp³-hybridized carbons (Fsp3) is 0.333. The molecular formula is C21H21N5O3S. The number of nitrogens with zero attached hydrogens (tertiary/aromatic N) is 4.